The number of carbonyl (C=O) groups is 3. The molecule has 0 heterocycles. The highest BCUT2D eigenvalue weighted by molar-refractivity contribution is 5.86. The van der Waals surface area contributed by atoms with Crippen molar-refractivity contribution in [3.05, 3.63) is 75.3 Å². The molecule has 0 aromatic heterocycles. The molecule has 11 heteroatoms. The van der Waals surface area contributed by atoms with Crippen molar-refractivity contribution >= 4 is 23.5 Å². The Bertz CT molecular complexity index is 991. The first kappa shape index (κ1) is 24.4. The number of amides is 1. The van der Waals surface area contributed by atoms with Gasteiger partial charge < -0.3 is 15.2 Å². The Morgan fingerprint density at radius 1 is 1.12 bits per heavy atom. The fourth-order valence-electron chi connectivity index (χ4n) is 3.13. The number of nitrogens with zero attached hydrogens (tertiary/aromatic N) is 1. The van der Waals surface area contributed by atoms with Crippen LogP contribution in [0.1, 0.15) is 30.4 Å². The molecule has 0 saturated heterocycles. The third kappa shape index (κ3) is 6.83. The molecular weight excluding hydrogens is 430 g/mol. The number of nitro benzene ring substituents is 1. The predicted molar refractivity (Wildman–Crippen MR) is 107 cm³/mol. The largest absolute Gasteiger partial charge is 0.480 e. The second-order valence-corrected chi connectivity index (χ2v) is 6.80. The lowest BCUT2D eigenvalue weighted by Gasteiger charge is -2.25. The molecule has 32 heavy (non-hydrogen) atoms. The maximum atomic E-state index is 13.4. The van der Waals surface area contributed by atoms with Gasteiger partial charge in [0.25, 0.3) is 5.69 Å². The number of nitrogens with one attached hydrogen (secondary N) is 1. The third-order valence-electron chi connectivity index (χ3n) is 4.50. The molecule has 2 aromatic rings. The van der Waals surface area contributed by atoms with E-state index in [2.05, 4.69) is 5.32 Å². The first-order chi connectivity index (χ1) is 15.1. The van der Waals surface area contributed by atoms with Crippen molar-refractivity contribution in [3.63, 3.8) is 0 Å². The lowest BCUT2D eigenvalue weighted by Crippen LogP contribution is -2.46. The number of carboxylic acid groups (broad SMARTS) is 1. The van der Waals surface area contributed by atoms with E-state index in [1.165, 1.54) is 12.1 Å². The molecule has 1 amide bonds. The Hall–Kier alpha value is -3.89. The van der Waals surface area contributed by atoms with Gasteiger partial charge in [0.1, 0.15) is 17.7 Å². The second-order valence-electron chi connectivity index (χ2n) is 6.80. The van der Waals surface area contributed by atoms with E-state index in [9.17, 15) is 38.4 Å². The van der Waals surface area contributed by atoms with E-state index in [1.54, 1.807) is 6.92 Å². The number of benzene rings is 2. The first-order valence-electron chi connectivity index (χ1n) is 9.47. The van der Waals surface area contributed by atoms with Gasteiger partial charge in [-0.25, -0.2) is 13.6 Å². The highest BCUT2D eigenvalue weighted by atomic mass is 19.1. The van der Waals surface area contributed by atoms with Gasteiger partial charge in [-0.3, -0.25) is 19.7 Å². The lowest BCUT2D eigenvalue weighted by molar-refractivity contribution is -0.384. The Morgan fingerprint density at radius 3 is 2.22 bits per heavy atom. The minimum Gasteiger partial charge on any atom is -0.480 e. The summed E-state index contributed by atoms with van der Waals surface area (Å²) in [4.78, 5) is 46.6. The highest BCUT2D eigenvalue weighted by Crippen LogP contribution is 2.27. The molecule has 2 aromatic carbocycles. The summed E-state index contributed by atoms with van der Waals surface area (Å²) in [5.74, 6) is -5.97. The number of esters is 1. The monoisotopic (exact) mass is 450 g/mol. The van der Waals surface area contributed by atoms with E-state index < -0.39 is 59.2 Å². The SMILES string of the molecule is CCOC(=O)C[C@H](c1ccc([N+](=O)[O-])cc1)[C@@H](NC(=O)Cc1cc(F)cc(F)c1)C(=O)O. The average molecular weight is 450 g/mol. The molecule has 0 unspecified atom stereocenters. The Morgan fingerprint density at radius 2 is 1.72 bits per heavy atom. The number of hydrogen-bond acceptors (Lipinski definition) is 6. The predicted octanol–water partition coefficient (Wildman–Crippen LogP) is 2.72. The molecule has 0 radical (unpaired) electrons. The van der Waals surface area contributed by atoms with Crippen LogP contribution in [-0.2, 0) is 25.5 Å². The summed E-state index contributed by atoms with van der Waals surface area (Å²) >= 11 is 0. The summed E-state index contributed by atoms with van der Waals surface area (Å²) in [6.07, 6.45) is -0.942. The van der Waals surface area contributed by atoms with Gasteiger partial charge in [-0.15, -0.1) is 0 Å². The minimum atomic E-state index is -1.62. The summed E-state index contributed by atoms with van der Waals surface area (Å²) < 4.78 is 31.6. The molecule has 170 valence electrons. The lowest BCUT2D eigenvalue weighted by atomic mass is 9.88. The van der Waals surface area contributed by atoms with Crippen LogP contribution in [-0.4, -0.2) is 40.5 Å². The minimum absolute atomic E-state index is 0.0126. The van der Waals surface area contributed by atoms with Crippen molar-refractivity contribution in [3.8, 4) is 0 Å². The second kappa shape index (κ2) is 10.9. The van der Waals surface area contributed by atoms with E-state index in [-0.39, 0.29) is 23.4 Å². The van der Waals surface area contributed by atoms with E-state index in [1.807, 2.05) is 0 Å². The molecule has 0 fully saturated rings. The Kier molecular flexibility index (Phi) is 8.33. The first-order valence-corrected chi connectivity index (χ1v) is 9.47. The molecule has 0 aliphatic rings. The number of nitro groups is 1. The van der Waals surface area contributed by atoms with Crippen molar-refractivity contribution in [1.29, 1.82) is 0 Å². The molecule has 0 aliphatic heterocycles. The smallest absolute Gasteiger partial charge is 0.326 e. The van der Waals surface area contributed by atoms with E-state index in [4.69, 9.17) is 4.74 Å². The number of ether oxygens (including phenoxy) is 1. The Balaban J connectivity index is 2.30. The van der Waals surface area contributed by atoms with Crippen LogP contribution in [0.2, 0.25) is 0 Å². The molecule has 9 nitrogen and oxygen atoms in total. The van der Waals surface area contributed by atoms with E-state index in [0.717, 1.165) is 24.3 Å². The molecule has 2 rings (SSSR count). The van der Waals surface area contributed by atoms with Crippen molar-refractivity contribution in [2.75, 3.05) is 6.61 Å². The number of aliphatic carboxylic acids is 1. The summed E-state index contributed by atoms with van der Waals surface area (Å²) in [5, 5.41) is 22.8. The summed E-state index contributed by atoms with van der Waals surface area (Å²) in [5.41, 5.74) is -0.0118. The number of carbonyl (C=O) groups excluding carboxylic acids is 2. The van der Waals surface area contributed by atoms with Crippen LogP contribution < -0.4 is 5.32 Å². The van der Waals surface area contributed by atoms with Gasteiger partial charge in [0.2, 0.25) is 5.91 Å². The fraction of sp³-hybridized carbons (Fsp3) is 0.286. The van der Waals surface area contributed by atoms with Crippen LogP contribution in [0.15, 0.2) is 42.5 Å². The molecule has 2 N–H and O–H groups in total. The zero-order valence-electron chi connectivity index (χ0n) is 16.9. The highest BCUT2D eigenvalue weighted by Gasteiger charge is 2.33. The van der Waals surface area contributed by atoms with Gasteiger partial charge >= 0.3 is 11.9 Å². The van der Waals surface area contributed by atoms with Gasteiger partial charge in [0, 0.05) is 24.1 Å². The normalized spacial score (nSPS) is 12.5. The molecule has 0 bridgehead atoms. The summed E-state index contributed by atoms with van der Waals surface area (Å²) in [6, 6.07) is 5.74. The number of rotatable bonds is 10. The average Bonchev–Trinajstić information content (AvgIpc) is 2.70. The molecule has 0 spiro atoms. The fourth-order valence-corrected chi connectivity index (χ4v) is 3.13. The van der Waals surface area contributed by atoms with Crippen molar-refractivity contribution in [2.24, 2.45) is 0 Å². The van der Waals surface area contributed by atoms with Crippen LogP contribution in [0, 0.1) is 21.7 Å². The topological polar surface area (TPSA) is 136 Å². The standard InChI is InChI=1S/C21H20F2N2O7/c1-2-32-19(27)11-17(13-3-5-16(6-4-13)25(30)31)20(21(28)29)24-18(26)9-12-7-14(22)10-15(23)8-12/h3-8,10,17,20H,2,9,11H2,1H3,(H,24,26)(H,28,29)/t17-,20-/m1/s1. The maximum absolute atomic E-state index is 13.4. The zero-order chi connectivity index (χ0) is 23.8. The molecule has 0 aliphatic carbocycles. The number of halogens is 2. The quantitative estimate of drug-likeness (QED) is 0.323. The van der Waals surface area contributed by atoms with E-state index in [0.29, 0.717) is 6.07 Å². The number of non-ortho nitro benzene ring substituents is 1. The van der Waals surface area contributed by atoms with Crippen LogP contribution >= 0.6 is 0 Å². The number of hydrogen-bond donors (Lipinski definition) is 2. The number of carboxylic acids is 1. The Labute approximate surface area is 181 Å². The van der Waals surface area contributed by atoms with Crippen molar-refractivity contribution < 1.29 is 37.9 Å². The third-order valence-corrected chi connectivity index (χ3v) is 4.50. The van der Waals surface area contributed by atoms with Crippen LogP contribution in [0.3, 0.4) is 0 Å². The van der Waals surface area contributed by atoms with Gasteiger partial charge in [-0.1, -0.05) is 12.1 Å². The van der Waals surface area contributed by atoms with Gasteiger partial charge in [-0.2, -0.15) is 0 Å². The van der Waals surface area contributed by atoms with Gasteiger partial charge in [0.05, 0.1) is 24.4 Å². The van der Waals surface area contributed by atoms with Crippen LogP contribution in [0.5, 0.6) is 0 Å². The van der Waals surface area contributed by atoms with Crippen molar-refractivity contribution in [2.45, 2.75) is 31.7 Å². The molecule has 2 atom stereocenters. The zero-order valence-corrected chi connectivity index (χ0v) is 16.9. The van der Waals surface area contributed by atoms with E-state index >= 15 is 0 Å². The molecule has 0 saturated carbocycles. The summed E-state index contributed by atoms with van der Waals surface area (Å²) in [7, 11) is 0. The van der Waals surface area contributed by atoms with Gasteiger partial charge in [-0.05, 0) is 30.2 Å². The van der Waals surface area contributed by atoms with Crippen LogP contribution in [0.4, 0.5) is 14.5 Å². The summed E-state index contributed by atoms with van der Waals surface area (Å²) in [6.45, 7) is 1.61. The van der Waals surface area contributed by atoms with Gasteiger partial charge in [0.15, 0.2) is 0 Å². The van der Waals surface area contributed by atoms with Crippen LogP contribution in [0.25, 0.3) is 0 Å². The maximum Gasteiger partial charge on any atom is 0.326 e. The molecular formula is C21H20F2N2O7. The van der Waals surface area contributed by atoms with Crippen molar-refractivity contribution in [1.82, 2.24) is 5.32 Å².